The van der Waals surface area contributed by atoms with E-state index in [4.69, 9.17) is 26.2 Å². The quantitative estimate of drug-likeness (QED) is 0.0117. The molecule has 0 aromatic rings. The highest BCUT2D eigenvalue weighted by Crippen LogP contribution is 2.42. The van der Waals surface area contributed by atoms with Gasteiger partial charge >= 0.3 is 23.9 Å². The number of unbranched alkanes of at least 4 members (excludes halogenated alkanes) is 5. The Morgan fingerprint density at radius 2 is 0.760 bits per heavy atom. The molecule has 0 radical (unpaired) electrons. The Hall–Kier alpha value is -2.55. The molecule has 0 aromatic heterocycles. The fourth-order valence-corrected chi connectivity index (χ4v) is 22.0. The Balaban J connectivity index is 0.00000120. The summed E-state index contributed by atoms with van der Waals surface area (Å²) in [6.07, 6.45) is 30.0. The fraction of sp³-hybridized carbons (Fsp3) is 0.742. The second kappa shape index (κ2) is 63.4. The summed E-state index contributed by atoms with van der Waals surface area (Å²) in [5, 5.41) is 49.0. The van der Waals surface area contributed by atoms with Crippen molar-refractivity contribution >= 4 is 176 Å². The van der Waals surface area contributed by atoms with Crippen molar-refractivity contribution in [2.24, 2.45) is 5.73 Å². The predicted molar refractivity (Wildman–Crippen MR) is 413 cm³/mol. The first-order valence-electron chi connectivity index (χ1n) is 33.7. The van der Waals surface area contributed by atoms with Crippen LogP contribution < -0.4 is 27.0 Å². The molecule has 0 aromatic carbocycles. The number of thiol groups is 2. The number of nitrogens with one attached hydrogen (secondary N) is 4. The zero-order valence-electron chi connectivity index (χ0n) is 56.6. The maximum atomic E-state index is 11.7. The fourth-order valence-electron chi connectivity index (χ4n) is 9.07. The van der Waals surface area contributed by atoms with Gasteiger partial charge in [-0.1, -0.05) is 118 Å². The predicted octanol–water partition coefficient (Wildman–Crippen LogP) is 13.6. The molecule has 20 nitrogen and oxygen atoms in total. The van der Waals surface area contributed by atoms with E-state index in [9.17, 15) is 52.7 Å². The molecule has 4 fully saturated rings. The van der Waals surface area contributed by atoms with Crippen molar-refractivity contribution in [1.29, 1.82) is 0 Å². The Bertz CT molecular complexity index is 2350. The number of nitrogens with two attached hydrogens (primary N) is 1. The number of carboxylic acid groups (broad SMARTS) is 4. The van der Waals surface area contributed by atoms with E-state index in [-0.39, 0.29) is 77.0 Å². The zero-order valence-corrected chi connectivity index (χ0v) is 64.9. The molecule has 5 unspecified atom stereocenters. The lowest BCUT2D eigenvalue weighted by atomic mass is 10.1. The average molecular weight is 1540 g/mol. The van der Waals surface area contributed by atoms with Gasteiger partial charge in [-0.2, -0.15) is 25.3 Å². The minimum atomic E-state index is -1.11. The molecule has 4 aliphatic rings. The molecule has 4 saturated heterocycles. The summed E-state index contributed by atoms with van der Waals surface area (Å²) < 4.78 is 0. The van der Waals surface area contributed by atoms with Crippen LogP contribution in [0.2, 0.25) is 0 Å². The van der Waals surface area contributed by atoms with E-state index >= 15 is 0 Å². The molecule has 30 heteroatoms. The minimum absolute atomic E-state index is 0.0142. The summed E-state index contributed by atoms with van der Waals surface area (Å²) in [6.45, 7) is 6.75. The Morgan fingerprint density at radius 3 is 1.06 bits per heavy atom. The first-order chi connectivity index (χ1) is 45.9. The standard InChI is InChI=1S/2C16H25NO4S2.C16H27NO4S2.C10H20N2OS2.C8H14O2S2/c1-12(16(20)21)11-13(18)5-4-9-17-15(19)7-3-2-6-14-8-10-22-23-14;1-12(11-16(20)21)14(18)6-4-9-17-15(19)7-3-2-5-13-8-10-22-23-13;1-12(16(20)21)11-13(18)5-4-9-17-15(19)7-3-2-6-14(23)8-10-22;11-6-7-12-10(13)4-2-1-3-9-5-8-14-15-9;9-8(10)4-2-1-3-7-5-6-11-12-7/h11,14H,2-10H2,1H3,(H,17,19)(H,20,21);11,13H,2-10H2,1H3,(H,17,19)(H,20,21);11,14,22-23H,2-10H2,1H3,(H,17,19)(H,20,21);9H,1-8,11H2,(H,12,13);7H,1-6H2,(H,9,10)/b3*12-11+;;. The largest absolute Gasteiger partial charge is 0.481 e. The van der Waals surface area contributed by atoms with Gasteiger partial charge in [0.25, 0.3) is 0 Å². The SMILES string of the molecule is C/C(=C\C(=O)CCCNC(=O)CCCCC(S)CCS)C(=O)O.C/C(=C\C(=O)CCCNC(=O)CCCCC1CCSS1)C(=O)O.C/C(=C\C(=O)O)C(=O)CCCNC(=O)CCCCC1CCSS1.NCCNC(=O)CCCCC1CCSS1.O=C(O)CCCCC1CCSS1. The zero-order chi connectivity index (χ0) is 71.6. The van der Waals surface area contributed by atoms with E-state index in [2.05, 4.69) is 46.5 Å². The van der Waals surface area contributed by atoms with Crippen LogP contribution in [0.4, 0.5) is 0 Å². The van der Waals surface area contributed by atoms with E-state index in [1.807, 2.05) is 86.4 Å². The van der Waals surface area contributed by atoms with E-state index < -0.39 is 23.9 Å². The second-order valence-corrected chi connectivity index (χ2v) is 35.7. The van der Waals surface area contributed by atoms with Crippen LogP contribution in [0.1, 0.15) is 220 Å². The van der Waals surface area contributed by atoms with Crippen LogP contribution in [0.15, 0.2) is 34.9 Å². The first-order valence-corrected chi connectivity index (χ1v) is 44.4. The monoisotopic (exact) mass is 1530 g/mol. The summed E-state index contributed by atoms with van der Waals surface area (Å²) in [5.41, 5.74) is 5.60. The van der Waals surface area contributed by atoms with Crippen LogP contribution >= 0.6 is 112 Å². The van der Waals surface area contributed by atoms with Gasteiger partial charge in [0.1, 0.15) is 0 Å². The van der Waals surface area contributed by atoms with Crippen LogP contribution in [0.3, 0.4) is 0 Å². The number of amides is 4. The van der Waals surface area contributed by atoms with E-state index in [0.29, 0.717) is 89.3 Å². The molecule has 0 saturated carbocycles. The molecule has 4 heterocycles. The van der Waals surface area contributed by atoms with Gasteiger partial charge in [0.15, 0.2) is 17.3 Å². The first kappa shape index (κ1) is 93.5. The lowest BCUT2D eigenvalue weighted by Gasteiger charge is -2.08. The van der Waals surface area contributed by atoms with Crippen molar-refractivity contribution in [2.45, 2.75) is 246 Å². The molecule has 550 valence electrons. The van der Waals surface area contributed by atoms with Crippen molar-refractivity contribution in [2.75, 3.05) is 61.5 Å². The molecule has 5 atom stereocenters. The highest BCUT2D eigenvalue weighted by molar-refractivity contribution is 8.78. The van der Waals surface area contributed by atoms with Gasteiger partial charge in [0, 0.05) is 151 Å². The van der Waals surface area contributed by atoms with Crippen LogP contribution in [0, 0.1) is 0 Å². The number of hydrogen-bond donors (Lipinski definition) is 11. The van der Waals surface area contributed by atoms with E-state index in [1.165, 1.54) is 102 Å². The number of carbonyl (C=O) groups is 11. The van der Waals surface area contributed by atoms with Crippen molar-refractivity contribution < 1.29 is 73.2 Å². The molecule has 4 aliphatic heterocycles. The normalized spacial score (nSPS) is 17.7. The van der Waals surface area contributed by atoms with Crippen molar-refractivity contribution in [3.05, 3.63) is 34.9 Å². The number of carbonyl (C=O) groups excluding carboxylic acids is 7. The lowest BCUT2D eigenvalue weighted by molar-refractivity contribution is -0.137. The van der Waals surface area contributed by atoms with Gasteiger partial charge in [-0.15, -0.1) is 0 Å². The molecule has 4 rings (SSSR count). The minimum Gasteiger partial charge on any atom is -0.481 e. The number of carboxylic acids is 4. The van der Waals surface area contributed by atoms with Gasteiger partial charge in [-0.25, -0.2) is 14.4 Å². The van der Waals surface area contributed by atoms with Gasteiger partial charge in [-0.05, 0) is 160 Å². The summed E-state index contributed by atoms with van der Waals surface area (Å²) in [4.78, 5) is 123. The highest BCUT2D eigenvalue weighted by atomic mass is 33.1. The second-order valence-electron chi connectivity index (χ2n) is 23.4. The van der Waals surface area contributed by atoms with Gasteiger partial charge < -0.3 is 47.4 Å². The lowest BCUT2D eigenvalue weighted by Crippen LogP contribution is -2.28. The van der Waals surface area contributed by atoms with Crippen molar-refractivity contribution in [1.82, 2.24) is 21.3 Å². The molecule has 0 spiro atoms. The number of hydrogen-bond acceptors (Lipinski definition) is 22. The maximum absolute atomic E-state index is 11.7. The highest BCUT2D eigenvalue weighted by Gasteiger charge is 2.20. The Morgan fingerprint density at radius 1 is 0.427 bits per heavy atom. The van der Waals surface area contributed by atoms with Crippen LogP contribution in [-0.2, 0) is 52.7 Å². The molecular weight excluding hydrogens is 1420 g/mol. The third-order valence-corrected chi connectivity index (χ3v) is 27.5. The molecule has 4 amide bonds. The third kappa shape index (κ3) is 59.2. The molecule has 96 heavy (non-hydrogen) atoms. The summed E-state index contributed by atoms with van der Waals surface area (Å²) in [6, 6.07) is 0. The van der Waals surface area contributed by atoms with Gasteiger partial charge in [0.05, 0.1) is 0 Å². The molecule has 0 aliphatic carbocycles. The summed E-state index contributed by atoms with van der Waals surface area (Å²) in [5.74, 6) is 1.50. The number of Topliss-reactive ketones (excluding diaryl/α,β-unsaturated/α-hetero) is 1. The summed E-state index contributed by atoms with van der Waals surface area (Å²) >= 11 is 8.59. The average Bonchev–Trinajstić information content (AvgIpc) is 3.97. The van der Waals surface area contributed by atoms with Crippen LogP contribution in [-0.4, -0.2) is 173 Å². The number of ketones is 3. The van der Waals surface area contributed by atoms with Crippen LogP contribution in [0.5, 0.6) is 0 Å². The molecule has 10 N–H and O–H groups in total. The van der Waals surface area contributed by atoms with Crippen LogP contribution in [0.25, 0.3) is 0 Å². The smallest absolute Gasteiger partial charge is 0.331 e. The maximum Gasteiger partial charge on any atom is 0.331 e. The summed E-state index contributed by atoms with van der Waals surface area (Å²) in [7, 11) is 15.7. The molecule has 0 bridgehead atoms. The van der Waals surface area contributed by atoms with E-state index in [0.717, 1.165) is 116 Å². The topological polar surface area (TPSA) is 343 Å². The van der Waals surface area contributed by atoms with E-state index in [1.54, 1.807) is 0 Å². The number of allylic oxidation sites excluding steroid dienone is 3. The van der Waals surface area contributed by atoms with Crippen molar-refractivity contribution in [3.8, 4) is 0 Å². The Labute approximate surface area is 614 Å². The third-order valence-electron chi connectivity index (χ3n) is 14.7. The Kier molecular flexibility index (Phi) is 61.7. The number of aliphatic carboxylic acids is 4. The molecular formula is C66H111N5O15S10. The van der Waals surface area contributed by atoms with Gasteiger partial charge in [0.2, 0.25) is 23.6 Å². The van der Waals surface area contributed by atoms with Gasteiger partial charge in [-0.3, -0.25) is 38.4 Å². The van der Waals surface area contributed by atoms with Crippen molar-refractivity contribution in [3.63, 3.8) is 0 Å². The number of rotatable bonds is 47.